The number of carbonyl (C=O) groups is 1. The molecule has 0 N–H and O–H groups in total. The number of benzene rings is 1. The lowest BCUT2D eigenvalue weighted by atomic mass is 10.1. The quantitative estimate of drug-likeness (QED) is 0.591. The van der Waals surface area contributed by atoms with Crippen LogP contribution in [0.15, 0.2) is 29.2 Å². The van der Waals surface area contributed by atoms with Crippen LogP contribution in [0.5, 0.6) is 0 Å². The van der Waals surface area contributed by atoms with Crippen molar-refractivity contribution in [3.05, 3.63) is 29.8 Å². The molecule has 0 aromatic heterocycles. The van der Waals surface area contributed by atoms with Crippen LogP contribution in [0.4, 0.5) is 13.2 Å². The maximum absolute atomic E-state index is 12.5. The average molecular weight is 303 g/mol. The Morgan fingerprint density at radius 2 is 1.90 bits per heavy atom. The number of hydrogen-bond donors (Lipinski definition) is 0. The molecule has 1 saturated carbocycles. The van der Waals surface area contributed by atoms with Crippen molar-refractivity contribution in [2.45, 2.75) is 30.0 Å². The van der Waals surface area contributed by atoms with E-state index in [1.807, 2.05) is 18.4 Å². The van der Waals surface area contributed by atoms with Crippen molar-refractivity contribution in [2.24, 2.45) is 0 Å². The summed E-state index contributed by atoms with van der Waals surface area (Å²) in [5, 5.41) is 0. The van der Waals surface area contributed by atoms with E-state index in [-0.39, 0.29) is 18.4 Å². The van der Waals surface area contributed by atoms with Crippen molar-refractivity contribution in [1.29, 1.82) is 0 Å². The Hall–Kier alpha value is -1.01. The lowest BCUT2D eigenvalue weighted by Crippen LogP contribution is -2.39. The summed E-state index contributed by atoms with van der Waals surface area (Å²) in [6.07, 6.45) is -0.843. The number of ketones is 1. The second-order valence-electron chi connectivity index (χ2n) is 4.90. The third kappa shape index (κ3) is 4.52. The molecule has 20 heavy (non-hydrogen) atoms. The summed E-state index contributed by atoms with van der Waals surface area (Å²) in [4.78, 5) is 14.3. The van der Waals surface area contributed by atoms with Gasteiger partial charge < -0.3 is 0 Å². The molecule has 0 amide bonds. The van der Waals surface area contributed by atoms with Gasteiger partial charge in [-0.1, -0.05) is 12.1 Å². The van der Waals surface area contributed by atoms with Gasteiger partial charge in [-0.3, -0.25) is 9.69 Å². The zero-order valence-electron chi connectivity index (χ0n) is 11.1. The van der Waals surface area contributed by atoms with Crippen molar-refractivity contribution in [3.63, 3.8) is 0 Å². The summed E-state index contributed by atoms with van der Waals surface area (Å²) in [5.74, 6) is -0.256. The first-order chi connectivity index (χ1) is 9.39. The first-order valence-corrected chi connectivity index (χ1v) is 7.59. The van der Waals surface area contributed by atoms with E-state index in [0.29, 0.717) is 5.56 Å². The molecule has 0 heterocycles. The van der Waals surface area contributed by atoms with Crippen molar-refractivity contribution < 1.29 is 18.0 Å². The number of nitrogens with zero attached hydrogens (tertiary/aromatic N) is 1. The van der Waals surface area contributed by atoms with Gasteiger partial charge in [0.1, 0.15) is 0 Å². The molecule has 0 radical (unpaired) electrons. The van der Waals surface area contributed by atoms with Crippen LogP contribution in [0.2, 0.25) is 0 Å². The predicted molar refractivity (Wildman–Crippen MR) is 73.2 cm³/mol. The molecule has 1 aromatic carbocycles. The van der Waals surface area contributed by atoms with Gasteiger partial charge in [-0.25, -0.2) is 0 Å². The molecule has 6 heteroatoms. The van der Waals surface area contributed by atoms with Crippen molar-refractivity contribution >= 4 is 17.5 Å². The third-order valence-electron chi connectivity index (χ3n) is 3.20. The highest BCUT2D eigenvalue weighted by Crippen LogP contribution is 2.30. The molecule has 0 saturated heterocycles. The van der Waals surface area contributed by atoms with Crippen molar-refractivity contribution in [2.75, 3.05) is 19.3 Å². The summed E-state index contributed by atoms with van der Waals surface area (Å²) in [6.45, 7) is -1.17. The molecule has 1 fully saturated rings. The monoisotopic (exact) mass is 303 g/mol. The summed E-state index contributed by atoms with van der Waals surface area (Å²) in [6, 6.07) is 6.87. The second-order valence-corrected chi connectivity index (χ2v) is 5.78. The van der Waals surface area contributed by atoms with Crippen molar-refractivity contribution in [3.8, 4) is 0 Å². The summed E-state index contributed by atoms with van der Waals surface area (Å²) in [5.41, 5.74) is 0.468. The average Bonchev–Trinajstić information content (AvgIpc) is 3.20. The summed E-state index contributed by atoms with van der Waals surface area (Å²) < 4.78 is 37.5. The summed E-state index contributed by atoms with van der Waals surface area (Å²) >= 11 is 1.56. The fourth-order valence-corrected chi connectivity index (χ4v) is 2.44. The molecule has 2 rings (SSSR count). The fraction of sp³-hybridized carbons (Fsp3) is 0.500. The number of thioether (sulfide) groups is 1. The van der Waals surface area contributed by atoms with Crippen LogP contribution in [0.3, 0.4) is 0 Å². The standard InChI is InChI=1S/C14H16F3NOS/c1-20-12-6-2-10(3-7-12)13(19)8-18(11-4-5-11)9-14(15,16)17/h2-3,6-7,11H,4-5,8-9H2,1H3. The lowest BCUT2D eigenvalue weighted by Gasteiger charge is -2.22. The molecular weight excluding hydrogens is 287 g/mol. The Bertz CT molecular complexity index is 468. The van der Waals surface area contributed by atoms with E-state index in [4.69, 9.17) is 0 Å². The minimum absolute atomic E-state index is 0.0916. The van der Waals surface area contributed by atoms with Gasteiger partial charge in [0.15, 0.2) is 5.78 Å². The minimum atomic E-state index is -4.26. The molecule has 1 aliphatic rings. The molecular formula is C14H16F3NOS. The van der Waals surface area contributed by atoms with Crippen LogP contribution in [0.25, 0.3) is 0 Å². The van der Waals surface area contributed by atoms with E-state index in [2.05, 4.69) is 0 Å². The first kappa shape index (κ1) is 15.4. The van der Waals surface area contributed by atoms with Gasteiger partial charge >= 0.3 is 6.18 Å². The number of alkyl halides is 3. The van der Waals surface area contributed by atoms with E-state index >= 15 is 0 Å². The van der Waals surface area contributed by atoms with Gasteiger partial charge in [0.05, 0.1) is 13.1 Å². The van der Waals surface area contributed by atoms with E-state index in [0.717, 1.165) is 17.7 Å². The highest BCUT2D eigenvalue weighted by molar-refractivity contribution is 7.98. The fourth-order valence-electron chi connectivity index (χ4n) is 2.04. The van der Waals surface area contributed by atoms with E-state index in [9.17, 15) is 18.0 Å². The van der Waals surface area contributed by atoms with Crippen LogP contribution in [0.1, 0.15) is 23.2 Å². The second kappa shape index (κ2) is 6.18. The molecule has 0 aliphatic heterocycles. The molecule has 0 unspecified atom stereocenters. The summed E-state index contributed by atoms with van der Waals surface area (Å²) in [7, 11) is 0. The number of Topliss-reactive ketones (excluding diaryl/α,β-unsaturated/α-hetero) is 1. The van der Waals surface area contributed by atoms with Gasteiger partial charge in [-0.2, -0.15) is 13.2 Å². The van der Waals surface area contributed by atoms with Gasteiger partial charge in [0.25, 0.3) is 0 Å². The van der Waals surface area contributed by atoms with Crippen LogP contribution < -0.4 is 0 Å². The predicted octanol–water partition coefficient (Wildman–Crippen LogP) is 3.62. The first-order valence-electron chi connectivity index (χ1n) is 6.37. The number of rotatable bonds is 6. The number of halogens is 3. The maximum atomic E-state index is 12.5. The molecule has 1 aliphatic carbocycles. The Morgan fingerprint density at radius 3 is 2.35 bits per heavy atom. The SMILES string of the molecule is CSc1ccc(C(=O)CN(CC(F)(F)F)C2CC2)cc1. The Kier molecular flexibility index (Phi) is 4.75. The van der Waals surface area contributed by atoms with Crippen molar-refractivity contribution in [1.82, 2.24) is 4.90 Å². The van der Waals surface area contributed by atoms with E-state index < -0.39 is 12.7 Å². The zero-order chi connectivity index (χ0) is 14.8. The molecule has 0 atom stereocenters. The molecule has 0 bridgehead atoms. The lowest BCUT2D eigenvalue weighted by molar-refractivity contribution is -0.145. The third-order valence-corrected chi connectivity index (χ3v) is 3.95. The molecule has 110 valence electrons. The van der Waals surface area contributed by atoms with Gasteiger partial charge in [-0.15, -0.1) is 11.8 Å². The smallest absolute Gasteiger partial charge is 0.293 e. The van der Waals surface area contributed by atoms with E-state index in [1.165, 1.54) is 4.90 Å². The minimum Gasteiger partial charge on any atom is -0.293 e. The normalized spacial score (nSPS) is 15.7. The van der Waals surface area contributed by atoms with Crippen LogP contribution in [-0.4, -0.2) is 42.2 Å². The zero-order valence-corrected chi connectivity index (χ0v) is 11.9. The molecule has 0 spiro atoms. The Balaban J connectivity index is 2.00. The Morgan fingerprint density at radius 1 is 1.30 bits per heavy atom. The highest BCUT2D eigenvalue weighted by Gasteiger charge is 2.38. The van der Waals surface area contributed by atoms with Gasteiger partial charge in [0.2, 0.25) is 0 Å². The highest BCUT2D eigenvalue weighted by atomic mass is 32.2. The maximum Gasteiger partial charge on any atom is 0.401 e. The van der Waals surface area contributed by atoms with Crippen LogP contribution in [-0.2, 0) is 0 Å². The topological polar surface area (TPSA) is 20.3 Å². The van der Waals surface area contributed by atoms with Gasteiger partial charge in [0, 0.05) is 16.5 Å². The van der Waals surface area contributed by atoms with Gasteiger partial charge in [-0.05, 0) is 31.2 Å². The van der Waals surface area contributed by atoms with Crippen LogP contribution >= 0.6 is 11.8 Å². The molecule has 1 aromatic rings. The number of hydrogen-bond acceptors (Lipinski definition) is 3. The molecule has 2 nitrogen and oxygen atoms in total. The number of carbonyl (C=O) groups excluding carboxylic acids is 1. The largest absolute Gasteiger partial charge is 0.401 e. The Labute approximate surface area is 120 Å². The van der Waals surface area contributed by atoms with Crippen LogP contribution in [0, 0.1) is 0 Å². The van der Waals surface area contributed by atoms with E-state index in [1.54, 1.807) is 23.9 Å².